The number of furan rings is 1. The van der Waals surface area contributed by atoms with E-state index in [4.69, 9.17) is 4.42 Å². The van der Waals surface area contributed by atoms with Crippen molar-refractivity contribution in [1.82, 2.24) is 5.32 Å². The van der Waals surface area contributed by atoms with Crippen molar-refractivity contribution in [1.29, 1.82) is 0 Å². The maximum Gasteiger partial charge on any atom is 0.134 e. The molecule has 0 bridgehead atoms. The normalized spacial score (nSPS) is 17.2. The Morgan fingerprint density at radius 3 is 2.57 bits per heavy atom. The molecule has 1 N–H and O–H groups in total. The first-order valence-electron chi connectivity index (χ1n) is 7.80. The molecular formula is C18H22FNO. The second-order valence-electron chi connectivity index (χ2n) is 5.99. The minimum Gasteiger partial charge on any atom is -0.460 e. The van der Waals surface area contributed by atoms with Gasteiger partial charge in [-0.3, -0.25) is 0 Å². The van der Waals surface area contributed by atoms with E-state index in [1.54, 1.807) is 12.1 Å². The molecule has 0 unspecified atom stereocenters. The number of nitrogens with one attached hydrogen (secondary N) is 1. The van der Waals surface area contributed by atoms with Gasteiger partial charge >= 0.3 is 0 Å². The summed E-state index contributed by atoms with van der Waals surface area (Å²) in [4.78, 5) is 0. The van der Waals surface area contributed by atoms with Gasteiger partial charge in [-0.1, -0.05) is 12.8 Å². The lowest BCUT2D eigenvalue weighted by Crippen LogP contribution is -2.31. The summed E-state index contributed by atoms with van der Waals surface area (Å²) in [5.41, 5.74) is 0.909. The fourth-order valence-electron chi connectivity index (χ4n) is 3.13. The van der Waals surface area contributed by atoms with Crippen LogP contribution in [0.25, 0.3) is 11.3 Å². The van der Waals surface area contributed by atoms with Crippen molar-refractivity contribution < 1.29 is 8.81 Å². The second kappa shape index (κ2) is 6.44. The smallest absolute Gasteiger partial charge is 0.134 e. The molecule has 1 heterocycles. The molecule has 0 amide bonds. The van der Waals surface area contributed by atoms with Gasteiger partial charge in [0, 0.05) is 11.6 Å². The van der Waals surface area contributed by atoms with Crippen LogP contribution in [0.1, 0.15) is 38.4 Å². The molecule has 3 rings (SSSR count). The molecule has 21 heavy (non-hydrogen) atoms. The van der Waals surface area contributed by atoms with Crippen LogP contribution in [0.2, 0.25) is 0 Å². The minimum atomic E-state index is -0.224. The Labute approximate surface area is 125 Å². The van der Waals surface area contributed by atoms with E-state index >= 15 is 0 Å². The fraction of sp³-hybridized carbons (Fsp3) is 0.444. The van der Waals surface area contributed by atoms with Gasteiger partial charge in [0.05, 0.1) is 6.54 Å². The molecular weight excluding hydrogens is 265 g/mol. The van der Waals surface area contributed by atoms with Crippen LogP contribution in [0.3, 0.4) is 0 Å². The monoisotopic (exact) mass is 287 g/mol. The molecule has 0 radical (unpaired) electrons. The van der Waals surface area contributed by atoms with E-state index in [-0.39, 0.29) is 5.82 Å². The van der Waals surface area contributed by atoms with Crippen molar-refractivity contribution in [3.8, 4) is 11.3 Å². The molecule has 1 aliphatic carbocycles. The van der Waals surface area contributed by atoms with Crippen LogP contribution in [0.4, 0.5) is 4.39 Å². The minimum absolute atomic E-state index is 0.224. The van der Waals surface area contributed by atoms with Crippen LogP contribution in [0, 0.1) is 11.7 Å². The predicted octanol–water partition coefficient (Wildman–Crippen LogP) is 4.75. The van der Waals surface area contributed by atoms with Crippen molar-refractivity contribution in [2.75, 3.05) is 0 Å². The summed E-state index contributed by atoms with van der Waals surface area (Å²) in [6.07, 6.45) is 5.42. The van der Waals surface area contributed by atoms with E-state index in [2.05, 4.69) is 12.2 Å². The van der Waals surface area contributed by atoms with Crippen molar-refractivity contribution >= 4 is 0 Å². The molecule has 1 saturated carbocycles. The maximum absolute atomic E-state index is 12.9. The van der Waals surface area contributed by atoms with Gasteiger partial charge < -0.3 is 9.73 Å². The van der Waals surface area contributed by atoms with Gasteiger partial charge in [0.25, 0.3) is 0 Å². The zero-order chi connectivity index (χ0) is 14.7. The largest absolute Gasteiger partial charge is 0.460 e. The highest BCUT2D eigenvalue weighted by Gasteiger charge is 2.21. The third-order valence-electron chi connectivity index (χ3n) is 4.50. The summed E-state index contributed by atoms with van der Waals surface area (Å²) in [5.74, 6) is 2.30. The highest BCUT2D eigenvalue weighted by atomic mass is 19.1. The van der Waals surface area contributed by atoms with E-state index in [0.717, 1.165) is 29.5 Å². The molecule has 2 nitrogen and oxygen atoms in total. The van der Waals surface area contributed by atoms with Gasteiger partial charge in [-0.05, 0) is 62.1 Å². The number of rotatable bonds is 5. The quantitative estimate of drug-likeness (QED) is 0.858. The molecule has 1 fully saturated rings. The highest BCUT2D eigenvalue weighted by molar-refractivity contribution is 5.57. The molecule has 112 valence electrons. The molecule has 3 heteroatoms. The Balaban J connectivity index is 1.58. The number of hydrogen-bond donors (Lipinski definition) is 1. The van der Waals surface area contributed by atoms with Gasteiger partial charge in [-0.2, -0.15) is 0 Å². The van der Waals surface area contributed by atoms with E-state index in [0.29, 0.717) is 6.04 Å². The van der Waals surface area contributed by atoms with Crippen LogP contribution in [-0.2, 0) is 6.54 Å². The predicted molar refractivity (Wildman–Crippen MR) is 82.4 cm³/mol. The summed E-state index contributed by atoms with van der Waals surface area (Å²) in [5, 5.41) is 3.56. The fourth-order valence-corrected chi connectivity index (χ4v) is 3.13. The SMILES string of the molecule is C[C@H](NCc1ccc(-c2ccc(F)cc2)o1)C1CCCC1. The van der Waals surface area contributed by atoms with Crippen LogP contribution in [0.15, 0.2) is 40.8 Å². The first kappa shape index (κ1) is 14.3. The van der Waals surface area contributed by atoms with Crippen molar-refractivity contribution in [3.05, 3.63) is 48.0 Å². The van der Waals surface area contributed by atoms with Gasteiger partial charge in [0.15, 0.2) is 0 Å². The van der Waals surface area contributed by atoms with Crippen molar-refractivity contribution in [2.24, 2.45) is 5.92 Å². The Hall–Kier alpha value is -1.61. The Morgan fingerprint density at radius 1 is 1.14 bits per heavy atom. The van der Waals surface area contributed by atoms with Crippen LogP contribution >= 0.6 is 0 Å². The zero-order valence-corrected chi connectivity index (χ0v) is 12.4. The van der Waals surface area contributed by atoms with Gasteiger partial charge in [0.1, 0.15) is 17.3 Å². The number of hydrogen-bond acceptors (Lipinski definition) is 2. The lowest BCUT2D eigenvalue weighted by Gasteiger charge is -2.19. The molecule has 2 aromatic rings. The molecule has 0 saturated heterocycles. The summed E-state index contributed by atoms with van der Waals surface area (Å²) in [7, 11) is 0. The van der Waals surface area contributed by atoms with E-state index < -0.39 is 0 Å². The Bertz CT molecular complexity index is 569. The molecule has 1 aromatic heterocycles. The summed E-state index contributed by atoms with van der Waals surface area (Å²) < 4.78 is 18.8. The van der Waals surface area contributed by atoms with Crippen LogP contribution < -0.4 is 5.32 Å². The summed E-state index contributed by atoms with van der Waals surface area (Å²) in [6, 6.07) is 10.9. The molecule has 1 atom stereocenters. The van der Waals surface area contributed by atoms with E-state index in [1.165, 1.54) is 37.8 Å². The average molecular weight is 287 g/mol. The Morgan fingerprint density at radius 2 is 1.86 bits per heavy atom. The zero-order valence-electron chi connectivity index (χ0n) is 12.4. The third-order valence-corrected chi connectivity index (χ3v) is 4.50. The molecule has 0 spiro atoms. The van der Waals surface area contributed by atoms with Crippen molar-refractivity contribution in [2.45, 2.75) is 45.2 Å². The molecule has 1 aliphatic rings. The molecule has 1 aromatic carbocycles. The third kappa shape index (κ3) is 3.53. The summed E-state index contributed by atoms with van der Waals surface area (Å²) >= 11 is 0. The Kier molecular flexibility index (Phi) is 4.39. The van der Waals surface area contributed by atoms with Crippen molar-refractivity contribution in [3.63, 3.8) is 0 Å². The highest BCUT2D eigenvalue weighted by Crippen LogP contribution is 2.28. The average Bonchev–Trinajstić information content (AvgIpc) is 3.17. The van der Waals surface area contributed by atoms with Crippen LogP contribution in [0.5, 0.6) is 0 Å². The van der Waals surface area contributed by atoms with Gasteiger partial charge in [0.2, 0.25) is 0 Å². The lowest BCUT2D eigenvalue weighted by atomic mass is 10.00. The van der Waals surface area contributed by atoms with Gasteiger partial charge in [-0.15, -0.1) is 0 Å². The summed E-state index contributed by atoms with van der Waals surface area (Å²) in [6.45, 7) is 3.01. The number of benzene rings is 1. The van der Waals surface area contributed by atoms with Gasteiger partial charge in [-0.25, -0.2) is 4.39 Å². The second-order valence-corrected chi connectivity index (χ2v) is 5.99. The number of halogens is 1. The van der Waals surface area contributed by atoms with E-state index in [1.807, 2.05) is 12.1 Å². The first-order valence-corrected chi connectivity index (χ1v) is 7.80. The first-order chi connectivity index (χ1) is 10.2. The topological polar surface area (TPSA) is 25.2 Å². The standard InChI is InChI=1S/C18H22FNO/c1-13(14-4-2-3-5-14)20-12-17-10-11-18(21-17)15-6-8-16(19)9-7-15/h6-11,13-14,20H,2-5,12H2,1H3/t13-/m0/s1. The van der Waals surface area contributed by atoms with Crippen LogP contribution in [-0.4, -0.2) is 6.04 Å². The maximum atomic E-state index is 12.9. The molecule has 0 aliphatic heterocycles. The van der Waals surface area contributed by atoms with E-state index in [9.17, 15) is 4.39 Å². The lowest BCUT2D eigenvalue weighted by molar-refractivity contribution is 0.364.